The molecule has 2 heterocycles. The van der Waals surface area contributed by atoms with Crippen LogP contribution in [0.1, 0.15) is 45.7 Å². The fourth-order valence-electron chi connectivity index (χ4n) is 3.43. The Hall–Kier alpha value is -2.14. The molecule has 1 amide bonds. The van der Waals surface area contributed by atoms with Gasteiger partial charge in [0.1, 0.15) is 0 Å². The molecule has 1 aromatic carbocycles. The van der Waals surface area contributed by atoms with Crippen LogP contribution in [0.15, 0.2) is 24.3 Å². The van der Waals surface area contributed by atoms with Gasteiger partial charge in [-0.05, 0) is 50.9 Å². The maximum absolute atomic E-state index is 12.6. The molecule has 24 heavy (non-hydrogen) atoms. The number of nitrogens with zero attached hydrogens (tertiary/aromatic N) is 3. The van der Waals surface area contributed by atoms with Gasteiger partial charge in [-0.15, -0.1) is 0 Å². The number of rotatable bonds is 5. The van der Waals surface area contributed by atoms with E-state index >= 15 is 0 Å². The minimum Gasteiger partial charge on any atom is -0.348 e. The number of hydrogen-bond acceptors (Lipinski definition) is 3. The Morgan fingerprint density at radius 3 is 2.46 bits per heavy atom. The molecule has 0 bridgehead atoms. The predicted molar refractivity (Wildman–Crippen MR) is 94.8 cm³/mol. The van der Waals surface area contributed by atoms with Crippen LogP contribution in [0.25, 0.3) is 0 Å². The van der Waals surface area contributed by atoms with Crippen molar-refractivity contribution in [1.29, 1.82) is 0 Å². The van der Waals surface area contributed by atoms with Gasteiger partial charge in [-0.1, -0.05) is 24.3 Å². The van der Waals surface area contributed by atoms with E-state index in [0.29, 0.717) is 12.1 Å². The molecule has 5 heteroatoms. The Kier molecular flexibility index (Phi) is 5.00. The number of aryl methyl sites for hydroxylation is 2. The zero-order chi connectivity index (χ0) is 17.1. The first-order valence-electron chi connectivity index (χ1n) is 8.64. The van der Waals surface area contributed by atoms with Gasteiger partial charge in [-0.2, -0.15) is 5.10 Å². The van der Waals surface area contributed by atoms with Crippen LogP contribution in [-0.2, 0) is 20.1 Å². The highest BCUT2D eigenvalue weighted by Gasteiger charge is 2.18. The molecule has 2 aromatic rings. The van der Waals surface area contributed by atoms with E-state index in [1.54, 1.807) is 4.68 Å². The summed E-state index contributed by atoms with van der Waals surface area (Å²) < 4.78 is 1.76. The molecule has 0 spiro atoms. The summed E-state index contributed by atoms with van der Waals surface area (Å²) in [5.41, 5.74) is 4.86. The second-order valence-electron chi connectivity index (χ2n) is 6.60. The van der Waals surface area contributed by atoms with E-state index in [-0.39, 0.29) is 5.91 Å². The summed E-state index contributed by atoms with van der Waals surface area (Å²) in [4.78, 5) is 15.0. The van der Waals surface area contributed by atoms with Crippen LogP contribution in [0.5, 0.6) is 0 Å². The van der Waals surface area contributed by atoms with Gasteiger partial charge in [0.05, 0.1) is 11.3 Å². The van der Waals surface area contributed by atoms with Crippen LogP contribution < -0.4 is 5.32 Å². The maximum Gasteiger partial charge on any atom is 0.255 e. The Labute approximate surface area is 143 Å². The standard InChI is InChI=1S/C19H26N4O/c1-14-18(15(2)22(3)21-14)19(24)20-12-16-8-4-5-9-17(16)13-23-10-6-7-11-23/h4-5,8-9H,6-7,10-13H2,1-3H3,(H,20,24). The number of benzene rings is 1. The molecule has 5 nitrogen and oxygen atoms in total. The van der Waals surface area contributed by atoms with E-state index in [1.165, 1.54) is 37.1 Å². The lowest BCUT2D eigenvalue weighted by atomic mass is 10.1. The number of carbonyl (C=O) groups excluding carboxylic acids is 1. The van der Waals surface area contributed by atoms with Crippen molar-refractivity contribution in [3.05, 3.63) is 52.3 Å². The summed E-state index contributed by atoms with van der Waals surface area (Å²) in [5.74, 6) is -0.0472. The highest BCUT2D eigenvalue weighted by molar-refractivity contribution is 5.96. The Morgan fingerprint density at radius 1 is 1.17 bits per heavy atom. The van der Waals surface area contributed by atoms with Crippen molar-refractivity contribution >= 4 is 5.91 Å². The van der Waals surface area contributed by atoms with Crippen molar-refractivity contribution in [2.75, 3.05) is 13.1 Å². The van der Waals surface area contributed by atoms with Gasteiger partial charge in [-0.25, -0.2) is 0 Å². The molecule has 1 aliphatic heterocycles. The van der Waals surface area contributed by atoms with E-state index in [2.05, 4.69) is 33.5 Å². The Bertz CT molecular complexity index is 729. The molecule has 1 saturated heterocycles. The summed E-state index contributed by atoms with van der Waals surface area (Å²) in [7, 11) is 1.87. The lowest BCUT2D eigenvalue weighted by Crippen LogP contribution is -2.25. The van der Waals surface area contributed by atoms with Gasteiger partial charge in [0.15, 0.2) is 0 Å². The summed E-state index contributed by atoms with van der Waals surface area (Å²) >= 11 is 0. The minimum atomic E-state index is -0.0472. The van der Waals surface area contributed by atoms with Crippen molar-refractivity contribution in [2.24, 2.45) is 7.05 Å². The molecule has 1 fully saturated rings. The lowest BCUT2D eigenvalue weighted by Gasteiger charge is -2.17. The number of hydrogen-bond donors (Lipinski definition) is 1. The third kappa shape index (κ3) is 3.51. The van der Waals surface area contributed by atoms with Crippen LogP contribution in [0.4, 0.5) is 0 Å². The number of likely N-dealkylation sites (tertiary alicyclic amines) is 1. The second-order valence-corrected chi connectivity index (χ2v) is 6.60. The average Bonchev–Trinajstić information content (AvgIpc) is 3.15. The predicted octanol–water partition coefficient (Wildman–Crippen LogP) is 2.56. The van der Waals surface area contributed by atoms with E-state index in [4.69, 9.17) is 0 Å². The Morgan fingerprint density at radius 2 is 1.83 bits per heavy atom. The van der Waals surface area contributed by atoms with Crippen molar-refractivity contribution < 1.29 is 4.79 Å². The van der Waals surface area contributed by atoms with E-state index < -0.39 is 0 Å². The van der Waals surface area contributed by atoms with Crippen molar-refractivity contribution in [3.8, 4) is 0 Å². The third-order valence-corrected chi connectivity index (χ3v) is 4.89. The minimum absolute atomic E-state index is 0.0472. The zero-order valence-electron chi connectivity index (χ0n) is 14.8. The van der Waals surface area contributed by atoms with Gasteiger partial charge in [-0.3, -0.25) is 14.4 Å². The fraction of sp³-hybridized carbons (Fsp3) is 0.474. The van der Waals surface area contributed by atoms with E-state index in [9.17, 15) is 4.79 Å². The van der Waals surface area contributed by atoms with Crippen LogP contribution in [0.3, 0.4) is 0 Å². The van der Waals surface area contributed by atoms with Gasteiger partial charge < -0.3 is 5.32 Å². The molecule has 1 aromatic heterocycles. The third-order valence-electron chi connectivity index (χ3n) is 4.89. The molecule has 0 radical (unpaired) electrons. The number of amides is 1. The number of carbonyl (C=O) groups is 1. The van der Waals surface area contributed by atoms with Gasteiger partial charge in [0.25, 0.3) is 5.91 Å². The molecular formula is C19H26N4O. The first kappa shape index (κ1) is 16.7. The van der Waals surface area contributed by atoms with Crippen LogP contribution in [0, 0.1) is 13.8 Å². The highest BCUT2D eigenvalue weighted by Crippen LogP contribution is 2.17. The largest absolute Gasteiger partial charge is 0.348 e. The van der Waals surface area contributed by atoms with Crippen LogP contribution >= 0.6 is 0 Å². The molecule has 1 N–H and O–H groups in total. The summed E-state index contributed by atoms with van der Waals surface area (Å²) in [6, 6.07) is 8.39. The molecular weight excluding hydrogens is 300 g/mol. The first-order chi connectivity index (χ1) is 11.6. The zero-order valence-corrected chi connectivity index (χ0v) is 14.8. The SMILES string of the molecule is Cc1nn(C)c(C)c1C(=O)NCc1ccccc1CN1CCCC1. The second kappa shape index (κ2) is 7.18. The van der Waals surface area contributed by atoms with Gasteiger partial charge in [0, 0.05) is 25.8 Å². The molecule has 0 atom stereocenters. The normalized spacial score (nSPS) is 15.0. The number of aromatic nitrogens is 2. The molecule has 0 unspecified atom stereocenters. The average molecular weight is 326 g/mol. The maximum atomic E-state index is 12.6. The first-order valence-corrected chi connectivity index (χ1v) is 8.64. The highest BCUT2D eigenvalue weighted by atomic mass is 16.1. The molecule has 128 valence electrons. The van der Waals surface area contributed by atoms with Crippen molar-refractivity contribution in [2.45, 2.75) is 39.8 Å². The quantitative estimate of drug-likeness (QED) is 0.919. The van der Waals surface area contributed by atoms with E-state index in [1.807, 2.05) is 27.0 Å². The molecule has 0 aliphatic carbocycles. The van der Waals surface area contributed by atoms with Gasteiger partial charge in [0.2, 0.25) is 0 Å². The fourth-order valence-corrected chi connectivity index (χ4v) is 3.43. The summed E-state index contributed by atoms with van der Waals surface area (Å²) in [5, 5.41) is 7.39. The lowest BCUT2D eigenvalue weighted by molar-refractivity contribution is 0.0949. The van der Waals surface area contributed by atoms with Crippen LogP contribution in [-0.4, -0.2) is 33.7 Å². The van der Waals surface area contributed by atoms with Crippen molar-refractivity contribution in [3.63, 3.8) is 0 Å². The smallest absolute Gasteiger partial charge is 0.255 e. The molecule has 1 aliphatic rings. The van der Waals surface area contributed by atoms with Gasteiger partial charge >= 0.3 is 0 Å². The molecule has 3 rings (SSSR count). The summed E-state index contributed by atoms with van der Waals surface area (Å²) in [6.45, 7) is 7.68. The van der Waals surface area contributed by atoms with Crippen molar-refractivity contribution in [1.82, 2.24) is 20.0 Å². The summed E-state index contributed by atoms with van der Waals surface area (Å²) in [6.07, 6.45) is 2.58. The number of nitrogens with one attached hydrogen (secondary N) is 1. The van der Waals surface area contributed by atoms with E-state index in [0.717, 1.165) is 17.9 Å². The van der Waals surface area contributed by atoms with Crippen LogP contribution in [0.2, 0.25) is 0 Å². The Balaban J connectivity index is 1.69. The topological polar surface area (TPSA) is 50.2 Å². The molecule has 0 saturated carbocycles. The monoisotopic (exact) mass is 326 g/mol.